The molecule has 0 aromatic rings. The van der Waals surface area contributed by atoms with Crippen molar-refractivity contribution < 1.29 is 0 Å². The van der Waals surface area contributed by atoms with Crippen LogP contribution in [0.25, 0.3) is 0 Å². The molecule has 0 N–H and O–H groups in total. The van der Waals surface area contributed by atoms with Gasteiger partial charge in [-0.3, -0.25) is 0 Å². The summed E-state index contributed by atoms with van der Waals surface area (Å²) in [5.41, 5.74) is 0.953. The van der Waals surface area contributed by atoms with E-state index in [1.807, 2.05) is 18.2 Å². The van der Waals surface area contributed by atoms with E-state index in [2.05, 4.69) is 13.8 Å². The minimum atomic E-state index is -0.115. The molecule has 0 nitrogen and oxygen atoms in total. The molecule has 0 heterocycles. The summed E-state index contributed by atoms with van der Waals surface area (Å²) in [6.07, 6.45) is 5.86. The number of hydrogen-bond acceptors (Lipinski definition) is 0. The van der Waals surface area contributed by atoms with Gasteiger partial charge in [-0.05, 0) is 5.57 Å². The number of alkyl halides is 3. The van der Waals surface area contributed by atoms with Crippen molar-refractivity contribution in [2.24, 2.45) is 5.41 Å². The SMILES string of the molecule is CC1(C)[C@H](Cl)C=C/C(=C\CCl)[C@@H]1Cl. The molecular weight excluding hydrogens is 226 g/mol. The van der Waals surface area contributed by atoms with Crippen LogP contribution in [0.1, 0.15) is 13.8 Å². The topological polar surface area (TPSA) is 0 Å². The van der Waals surface area contributed by atoms with Gasteiger partial charge in [0.2, 0.25) is 0 Å². The number of hydrogen-bond donors (Lipinski definition) is 0. The number of allylic oxidation sites excluding steroid dienone is 4. The molecule has 74 valence electrons. The maximum Gasteiger partial charge on any atom is 0.0650 e. The molecule has 0 saturated heterocycles. The molecule has 13 heavy (non-hydrogen) atoms. The molecule has 1 rings (SSSR count). The summed E-state index contributed by atoms with van der Waals surface area (Å²) < 4.78 is 0. The third-order valence-corrected chi connectivity index (χ3v) is 4.10. The highest BCUT2D eigenvalue weighted by atomic mass is 35.5. The highest BCUT2D eigenvalue weighted by Crippen LogP contribution is 2.41. The standard InChI is InChI=1S/C10H13Cl3/c1-10(2)8(12)4-3-7(5-6-11)9(10)13/h3-5,8-9H,6H2,1-2H3/b7-5+/t8-,9+/m1/s1. The molecule has 0 aliphatic heterocycles. The fraction of sp³-hybridized carbons (Fsp3) is 0.600. The highest BCUT2D eigenvalue weighted by Gasteiger charge is 2.37. The van der Waals surface area contributed by atoms with Gasteiger partial charge in [-0.15, -0.1) is 34.8 Å². The van der Waals surface area contributed by atoms with Crippen molar-refractivity contribution >= 4 is 34.8 Å². The lowest BCUT2D eigenvalue weighted by atomic mass is 9.77. The summed E-state index contributed by atoms with van der Waals surface area (Å²) in [5, 5.41) is -0.0683. The summed E-state index contributed by atoms with van der Waals surface area (Å²) in [7, 11) is 0. The summed E-state index contributed by atoms with van der Waals surface area (Å²) in [6, 6.07) is 0. The van der Waals surface area contributed by atoms with E-state index in [0.29, 0.717) is 5.88 Å². The Morgan fingerprint density at radius 2 is 2.08 bits per heavy atom. The maximum atomic E-state index is 6.29. The van der Waals surface area contributed by atoms with Gasteiger partial charge in [-0.1, -0.05) is 32.1 Å². The Kier molecular flexibility index (Phi) is 3.73. The Morgan fingerprint density at radius 3 is 2.62 bits per heavy atom. The summed E-state index contributed by atoms with van der Waals surface area (Å²) in [6.45, 7) is 4.13. The fourth-order valence-electron chi connectivity index (χ4n) is 1.36. The first-order valence-electron chi connectivity index (χ1n) is 4.22. The van der Waals surface area contributed by atoms with E-state index in [0.717, 1.165) is 5.57 Å². The van der Waals surface area contributed by atoms with E-state index in [1.54, 1.807) is 0 Å². The zero-order chi connectivity index (χ0) is 10.1. The monoisotopic (exact) mass is 238 g/mol. The van der Waals surface area contributed by atoms with Gasteiger partial charge in [0.25, 0.3) is 0 Å². The highest BCUT2D eigenvalue weighted by molar-refractivity contribution is 6.27. The quantitative estimate of drug-likeness (QED) is 0.608. The van der Waals surface area contributed by atoms with Crippen molar-refractivity contribution in [2.45, 2.75) is 24.6 Å². The average molecular weight is 240 g/mol. The van der Waals surface area contributed by atoms with Gasteiger partial charge in [0.15, 0.2) is 0 Å². The molecule has 0 unspecified atom stereocenters. The molecule has 0 radical (unpaired) electrons. The molecule has 3 heteroatoms. The Hall–Kier alpha value is 0.350. The molecule has 1 aliphatic rings. The first-order chi connectivity index (χ1) is 6.00. The van der Waals surface area contributed by atoms with Crippen LogP contribution < -0.4 is 0 Å². The molecule has 0 aromatic carbocycles. The van der Waals surface area contributed by atoms with Gasteiger partial charge in [0.05, 0.1) is 10.8 Å². The van der Waals surface area contributed by atoms with Crippen molar-refractivity contribution in [3.63, 3.8) is 0 Å². The molecule has 0 saturated carbocycles. The van der Waals surface area contributed by atoms with E-state index in [9.17, 15) is 0 Å². The maximum absolute atomic E-state index is 6.29. The smallest absolute Gasteiger partial charge is 0.0650 e. The van der Waals surface area contributed by atoms with Gasteiger partial charge >= 0.3 is 0 Å². The van der Waals surface area contributed by atoms with Crippen molar-refractivity contribution in [1.82, 2.24) is 0 Å². The molecule has 1 aliphatic carbocycles. The zero-order valence-electron chi connectivity index (χ0n) is 7.73. The predicted octanol–water partition coefficient (Wildman–Crippen LogP) is 3.96. The van der Waals surface area contributed by atoms with Crippen molar-refractivity contribution in [2.75, 3.05) is 5.88 Å². The van der Waals surface area contributed by atoms with E-state index in [-0.39, 0.29) is 16.2 Å². The molecule has 0 bridgehead atoms. The Morgan fingerprint density at radius 1 is 1.46 bits per heavy atom. The van der Waals surface area contributed by atoms with Crippen LogP contribution in [0, 0.1) is 5.41 Å². The van der Waals surface area contributed by atoms with Gasteiger partial charge in [0, 0.05) is 11.3 Å². The van der Waals surface area contributed by atoms with Gasteiger partial charge in [-0.25, -0.2) is 0 Å². The third kappa shape index (κ3) is 2.23. The van der Waals surface area contributed by atoms with Crippen molar-refractivity contribution in [3.8, 4) is 0 Å². The van der Waals surface area contributed by atoms with Gasteiger partial charge < -0.3 is 0 Å². The Labute approximate surface area is 94.5 Å². The van der Waals surface area contributed by atoms with Crippen LogP contribution >= 0.6 is 34.8 Å². The molecule has 0 fully saturated rings. The van der Waals surface area contributed by atoms with Crippen LogP contribution in [0.4, 0.5) is 0 Å². The van der Waals surface area contributed by atoms with Gasteiger partial charge in [-0.2, -0.15) is 0 Å². The first-order valence-corrected chi connectivity index (χ1v) is 5.63. The minimum absolute atomic E-state index is 0.0116. The van der Waals surface area contributed by atoms with Crippen molar-refractivity contribution in [3.05, 3.63) is 23.8 Å². The Balaban J connectivity index is 2.97. The second-order valence-corrected chi connectivity index (χ2v) is 5.02. The van der Waals surface area contributed by atoms with E-state index >= 15 is 0 Å². The Bertz CT molecular complexity index is 241. The summed E-state index contributed by atoms with van der Waals surface area (Å²) in [4.78, 5) is 0. The van der Waals surface area contributed by atoms with Crippen LogP contribution in [0.15, 0.2) is 23.8 Å². The normalized spacial score (nSPS) is 35.3. The zero-order valence-corrected chi connectivity index (χ0v) is 10.00. The van der Waals surface area contributed by atoms with Crippen LogP contribution in [-0.2, 0) is 0 Å². The van der Waals surface area contributed by atoms with Crippen LogP contribution in [0.3, 0.4) is 0 Å². The van der Waals surface area contributed by atoms with E-state index in [4.69, 9.17) is 34.8 Å². The summed E-state index contributed by atoms with van der Waals surface area (Å²) >= 11 is 18.1. The number of halogens is 3. The second kappa shape index (κ2) is 4.25. The molecular formula is C10H13Cl3. The molecule has 2 atom stereocenters. The van der Waals surface area contributed by atoms with Gasteiger partial charge in [0.1, 0.15) is 0 Å². The summed E-state index contributed by atoms with van der Waals surface area (Å²) in [5.74, 6) is 0.492. The number of rotatable bonds is 1. The first kappa shape index (κ1) is 11.4. The average Bonchev–Trinajstić information content (AvgIpc) is 2.08. The second-order valence-electron chi connectivity index (χ2n) is 3.80. The van der Waals surface area contributed by atoms with Crippen LogP contribution in [0.5, 0.6) is 0 Å². The van der Waals surface area contributed by atoms with E-state index in [1.165, 1.54) is 0 Å². The lowest BCUT2D eigenvalue weighted by Crippen LogP contribution is -2.36. The largest absolute Gasteiger partial charge is 0.122 e. The molecule has 0 amide bonds. The molecule has 0 aromatic heterocycles. The lowest BCUT2D eigenvalue weighted by Gasteiger charge is -2.37. The predicted molar refractivity (Wildman–Crippen MR) is 61.0 cm³/mol. The fourth-order valence-corrected chi connectivity index (χ4v) is 2.10. The third-order valence-electron chi connectivity index (χ3n) is 2.43. The van der Waals surface area contributed by atoms with Crippen molar-refractivity contribution in [1.29, 1.82) is 0 Å². The molecule has 0 spiro atoms. The minimum Gasteiger partial charge on any atom is -0.122 e. The van der Waals surface area contributed by atoms with Crippen LogP contribution in [-0.4, -0.2) is 16.6 Å². The van der Waals surface area contributed by atoms with Crippen LogP contribution in [0.2, 0.25) is 0 Å². The van der Waals surface area contributed by atoms with E-state index < -0.39 is 0 Å². The lowest BCUT2D eigenvalue weighted by molar-refractivity contribution is 0.375.